The highest BCUT2D eigenvalue weighted by atomic mass is 19.4. The zero-order valence-corrected chi connectivity index (χ0v) is 11.4. The molecule has 0 bridgehead atoms. The molecule has 2 rings (SSSR count). The lowest BCUT2D eigenvalue weighted by molar-refractivity contribution is -0.274. The molecule has 1 aromatic carbocycles. The monoisotopic (exact) mass is 301 g/mol. The summed E-state index contributed by atoms with van der Waals surface area (Å²) in [5.74, 6) is -0.343. The maximum atomic E-state index is 12.0. The number of nitrogens with zero attached hydrogens (tertiary/aromatic N) is 2. The number of hydrogen-bond acceptors (Lipinski definition) is 3. The summed E-state index contributed by atoms with van der Waals surface area (Å²) >= 11 is 0. The van der Waals surface area contributed by atoms with Gasteiger partial charge in [-0.2, -0.15) is 0 Å². The first-order valence-electron chi connectivity index (χ1n) is 6.13. The zero-order chi connectivity index (χ0) is 15.7. The third-order valence-electron chi connectivity index (χ3n) is 2.70. The zero-order valence-electron chi connectivity index (χ0n) is 11.4. The first-order chi connectivity index (χ1) is 9.65. The van der Waals surface area contributed by atoms with Crippen molar-refractivity contribution in [1.29, 1.82) is 0 Å². The normalized spacial score (nSPS) is 16.9. The molecule has 1 aromatic rings. The Balaban J connectivity index is 1.95. The third kappa shape index (κ3) is 4.37. The van der Waals surface area contributed by atoms with Gasteiger partial charge < -0.3 is 10.1 Å². The van der Waals surface area contributed by atoms with Crippen LogP contribution in [0.3, 0.4) is 0 Å². The number of halogens is 3. The second kappa shape index (κ2) is 5.27. The van der Waals surface area contributed by atoms with Crippen molar-refractivity contribution in [1.82, 2.24) is 4.90 Å². The van der Waals surface area contributed by atoms with Crippen molar-refractivity contribution < 1.29 is 22.7 Å². The van der Waals surface area contributed by atoms with Crippen LogP contribution in [-0.2, 0) is 0 Å². The highest BCUT2D eigenvalue weighted by Gasteiger charge is 2.31. The van der Waals surface area contributed by atoms with Gasteiger partial charge in [0.1, 0.15) is 5.75 Å². The summed E-state index contributed by atoms with van der Waals surface area (Å²) in [6.07, 6.45) is -3.29. The van der Waals surface area contributed by atoms with E-state index in [1.165, 1.54) is 23.4 Å². The van der Waals surface area contributed by atoms with Crippen LogP contribution < -0.4 is 10.1 Å². The van der Waals surface area contributed by atoms with Crippen molar-refractivity contribution in [3.05, 3.63) is 24.3 Å². The third-order valence-corrected chi connectivity index (χ3v) is 2.70. The second-order valence-corrected chi connectivity index (χ2v) is 5.19. The van der Waals surface area contributed by atoms with Crippen LogP contribution >= 0.6 is 0 Å². The second-order valence-electron chi connectivity index (χ2n) is 5.19. The summed E-state index contributed by atoms with van der Waals surface area (Å²) in [7, 11) is 0. The van der Waals surface area contributed by atoms with Crippen LogP contribution in [0.25, 0.3) is 0 Å². The Bertz CT molecular complexity index is 553. The number of amides is 2. The average Bonchev–Trinajstić information content (AvgIpc) is 2.70. The topological polar surface area (TPSA) is 53.9 Å². The van der Waals surface area contributed by atoms with E-state index in [1.54, 1.807) is 0 Å². The van der Waals surface area contributed by atoms with E-state index >= 15 is 0 Å². The Morgan fingerprint density at radius 2 is 1.95 bits per heavy atom. The fourth-order valence-electron chi connectivity index (χ4n) is 1.78. The van der Waals surface area contributed by atoms with E-state index in [4.69, 9.17) is 0 Å². The summed E-state index contributed by atoms with van der Waals surface area (Å²) in [4.78, 5) is 17.5. The van der Waals surface area contributed by atoms with E-state index in [0.29, 0.717) is 12.2 Å². The number of alkyl halides is 3. The Hall–Kier alpha value is -2.25. The predicted octanol–water partition coefficient (Wildman–Crippen LogP) is 3.24. The van der Waals surface area contributed by atoms with Gasteiger partial charge in [-0.1, -0.05) is 0 Å². The molecule has 1 heterocycles. The lowest BCUT2D eigenvalue weighted by Crippen LogP contribution is -2.36. The van der Waals surface area contributed by atoms with Crippen molar-refractivity contribution in [2.45, 2.75) is 25.7 Å². The maximum Gasteiger partial charge on any atom is 0.573 e. The Kier molecular flexibility index (Phi) is 3.80. The number of benzene rings is 1. The number of ether oxygens (including phenoxy) is 1. The molecular weight excluding hydrogens is 287 g/mol. The van der Waals surface area contributed by atoms with E-state index in [2.05, 4.69) is 15.0 Å². The molecule has 1 aliphatic rings. The smallest absolute Gasteiger partial charge is 0.406 e. The molecule has 1 N–H and O–H groups in total. The van der Waals surface area contributed by atoms with Gasteiger partial charge >= 0.3 is 12.4 Å². The van der Waals surface area contributed by atoms with Crippen molar-refractivity contribution in [2.24, 2.45) is 4.99 Å². The van der Waals surface area contributed by atoms with Crippen molar-refractivity contribution in [2.75, 3.05) is 11.9 Å². The molecule has 0 radical (unpaired) electrons. The van der Waals surface area contributed by atoms with Crippen LogP contribution in [0.1, 0.15) is 13.8 Å². The van der Waals surface area contributed by atoms with Gasteiger partial charge in [-0.15, -0.1) is 13.2 Å². The minimum absolute atomic E-state index is 0.332. The summed E-state index contributed by atoms with van der Waals surface area (Å²) in [6.45, 7) is 4.22. The molecule has 0 saturated heterocycles. The Labute approximate surface area is 119 Å². The van der Waals surface area contributed by atoms with Crippen LogP contribution in [0.15, 0.2) is 29.3 Å². The van der Waals surface area contributed by atoms with Gasteiger partial charge in [0.05, 0.1) is 18.4 Å². The highest BCUT2D eigenvalue weighted by molar-refractivity contribution is 5.97. The molecule has 114 valence electrons. The predicted molar refractivity (Wildman–Crippen MR) is 71.4 cm³/mol. The average molecular weight is 301 g/mol. The molecule has 0 aromatic heterocycles. The molecular formula is C13H14F3N3O2. The highest BCUT2D eigenvalue weighted by Crippen LogP contribution is 2.24. The number of rotatable bonds is 2. The van der Waals surface area contributed by atoms with Crippen LogP contribution in [0.5, 0.6) is 5.75 Å². The van der Waals surface area contributed by atoms with Gasteiger partial charge in [0, 0.05) is 5.69 Å². The largest absolute Gasteiger partial charge is 0.573 e. The van der Waals surface area contributed by atoms with Gasteiger partial charge in [0.25, 0.3) is 0 Å². The van der Waals surface area contributed by atoms with E-state index in [0.717, 1.165) is 12.1 Å². The molecule has 0 unspecified atom stereocenters. The fraction of sp³-hybridized carbons (Fsp3) is 0.385. The Morgan fingerprint density at radius 1 is 1.33 bits per heavy atom. The van der Waals surface area contributed by atoms with Crippen LogP contribution in [0.2, 0.25) is 0 Å². The van der Waals surface area contributed by atoms with Gasteiger partial charge in [0.2, 0.25) is 0 Å². The molecule has 2 amide bonds. The van der Waals surface area contributed by atoms with E-state index in [9.17, 15) is 18.0 Å². The molecule has 0 spiro atoms. The molecule has 0 saturated carbocycles. The van der Waals surface area contributed by atoms with Gasteiger partial charge in [0.15, 0.2) is 0 Å². The molecule has 0 atom stereocenters. The molecule has 0 fully saturated rings. The quantitative estimate of drug-likeness (QED) is 0.911. The van der Waals surface area contributed by atoms with Crippen molar-refractivity contribution >= 4 is 18.1 Å². The molecule has 8 heteroatoms. The number of nitrogens with one attached hydrogen (secondary N) is 1. The summed E-state index contributed by atoms with van der Waals surface area (Å²) < 4.78 is 39.8. The lowest BCUT2D eigenvalue weighted by Gasteiger charge is -2.18. The number of aliphatic imine (C=N–C) groups is 1. The molecule has 0 aliphatic carbocycles. The summed E-state index contributed by atoms with van der Waals surface area (Å²) in [5, 5.41) is 2.57. The first-order valence-corrected chi connectivity index (χ1v) is 6.13. The van der Waals surface area contributed by atoms with Crippen LogP contribution in [0.4, 0.5) is 23.7 Å². The van der Waals surface area contributed by atoms with Gasteiger partial charge in [-0.3, -0.25) is 9.89 Å². The SMILES string of the molecule is CC1(C)CN(C(=O)Nc2ccc(OC(F)(F)F)cc2)C=N1. The molecule has 5 nitrogen and oxygen atoms in total. The minimum atomic E-state index is -4.73. The van der Waals surface area contributed by atoms with Gasteiger partial charge in [-0.05, 0) is 38.1 Å². The number of anilines is 1. The van der Waals surface area contributed by atoms with E-state index in [-0.39, 0.29) is 11.3 Å². The van der Waals surface area contributed by atoms with Crippen LogP contribution in [0, 0.1) is 0 Å². The first kappa shape index (κ1) is 15.1. The van der Waals surface area contributed by atoms with Crippen molar-refractivity contribution in [3.8, 4) is 5.75 Å². The van der Waals surface area contributed by atoms with Gasteiger partial charge in [-0.25, -0.2) is 4.79 Å². The molecule has 1 aliphatic heterocycles. The number of urea groups is 1. The summed E-state index contributed by atoms with van der Waals surface area (Å²) in [5.41, 5.74) is 0.0366. The Morgan fingerprint density at radius 3 is 2.43 bits per heavy atom. The van der Waals surface area contributed by atoms with E-state index in [1.807, 2.05) is 13.8 Å². The van der Waals surface area contributed by atoms with Crippen molar-refractivity contribution in [3.63, 3.8) is 0 Å². The number of carbonyl (C=O) groups excluding carboxylic acids is 1. The molecule has 21 heavy (non-hydrogen) atoms. The standard InChI is InChI=1S/C13H14F3N3O2/c1-12(2)7-19(8-17-12)11(20)18-9-3-5-10(6-4-9)21-13(14,15)16/h3-6,8H,7H2,1-2H3,(H,18,20). The lowest BCUT2D eigenvalue weighted by atomic mass is 10.1. The van der Waals surface area contributed by atoms with E-state index < -0.39 is 12.4 Å². The number of hydrogen-bond donors (Lipinski definition) is 1. The maximum absolute atomic E-state index is 12.0. The fourth-order valence-corrected chi connectivity index (χ4v) is 1.78. The van der Waals surface area contributed by atoms with Crippen LogP contribution in [-0.4, -0.2) is 35.7 Å². The minimum Gasteiger partial charge on any atom is -0.406 e. The number of carbonyl (C=O) groups is 1. The summed E-state index contributed by atoms with van der Waals surface area (Å²) in [6, 6.07) is 4.53.